The fourth-order valence-electron chi connectivity index (χ4n) is 4.30. The predicted molar refractivity (Wildman–Crippen MR) is 93.4 cm³/mol. The SMILES string of the molecule is CC(C)[Si](C(C)C)(C(C)C)n1ccc2cc(Cl)c(F)cc21. The number of aromatic nitrogens is 1. The fourth-order valence-corrected chi connectivity index (χ4v) is 11.1. The molecule has 0 N–H and O–H groups in total. The minimum Gasteiger partial charge on any atom is -0.373 e. The summed E-state index contributed by atoms with van der Waals surface area (Å²) in [6.45, 7) is 13.9. The number of rotatable bonds is 4. The normalized spacial score (nSPS) is 13.1. The van der Waals surface area contributed by atoms with E-state index >= 15 is 0 Å². The third-order valence-corrected chi connectivity index (χ3v) is 12.0. The minimum atomic E-state index is -1.85. The molecule has 1 aromatic carbocycles. The molecule has 0 bridgehead atoms. The van der Waals surface area contributed by atoms with Crippen molar-refractivity contribution in [3.63, 3.8) is 0 Å². The molecule has 0 atom stereocenters. The van der Waals surface area contributed by atoms with Crippen molar-refractivity contribution < 1.29 is 4.39 Å². The maximum absolute atomic E-state index is 14.0. The Morgan fingerprint density at radius 3 is 2.00 bits per heavy atom. The molecule has 0 radical (unpaired) electrons. The lowest BCUT2D eigenvalue weighted by Gasteiger charge is -2.44. The van der Waals surface area contributed by atoms with Crippen molar-refractivity contribution in [3.8, 4) is 0 Å². The maximum Gasteiger partial charge on any atom is 0.169 e. The van der Waals surface area contributed by atoms with Gasteiger partial charge in [0.25, 0.3) is 0 Å². The standard InChI is InChI=1S/C17H25ClFNSi/c1-11(2)21(12(3)4,13(5)6)20-8-7-14-9-15(18)16(19)10-17(14)20/h7-13H,1-6H3. The fraction of sp³-hybridized carbons (Fsp3) is 0.529. The van der Waals surface area contributed by atoms with Gasteiger partial charge in [-0.15, -0.1) is 0 Å². The van der Waals surface area contributed by atoms with Crippen LogP contribution in [-0.4, -0.2) is 12.5 Å². The highest BCUT2D eigenvalue weighted by Gasteiger charge is 2.45. The van der Waals surface area contributed by atoms with Crippen LogP contribution in [0.2, 0.25) is 21.6 Å². The van der Waals surface area contributed by atoms with Crippen LogP contribution in [0.5, 0.6) is 0 Å². The molecule has 1 aromatic heterocycles. The molecule has 0 aliphatic rings. The van der Waals surface area contributed by atoms with Crippen LogP contribution < -0.4 is 0 Å². The first-order valence-corrected chi connectivity index (χ1v) is 10.2. The number of nitrogens with zero attached hydrogens (tertiary/aromatic N) is 1. The highest BCUT2D eigenvalue weighted by molar-refractivity contribution is 6.82. The van der Waals surface area contributed by atoms with E-state index < -0.39 is 8.24 Å². The molecule has 0 saturated carbocycles. The van der Waals surface area contributed by atoms with Crippen LogP contribution in [-0.2, 0) is 0 Å². The van der Waals surface area contributed by atoms with E-state index in [2.05, 4.69) is 58.0 Å². The van der Waals surface area contributed by atoms with Crippen LogP contribution in [0.25, 0.3) is 10.9 Å². The Morgan fingerprint density at radius 2 is 1.52 bits per heavy atom. The first-order chi connectivity index (χ1) is 9.72. The Hall–Kier alpha value is -0.803. The van der Waals surface area contributed by atoms with Crippen molar-refractivity contribution in [3.05, 3.63) is 35.2 Å². The molecule has 2 rings (SSSR count). The Morgan fingerprint density at radius 1 is 1.00 bits per heavy atom. The van der Waals surface area contributed by atoms with Crippen molar-refractivity contribution in [2.45, 2.75) is 58.2 Å². The van der Waals surface area contributed by atoms with Crippen LogP contribution in [0, 0.1) is 5.82 Å². The number of halogens is 2. The van der Waals surface area contributed by atoms with Crippen molar-refractivity contribution in [1.82, 2.24) is 4.23 Å². The van der Waals surface area contributed by atoms with Crippen LogP contribution in [0.3, 0.4) is 0 Å². The smallest absolute Gasteiger partial charge is 0.169 e. The van der Waals surface area contributed by atoms with Gasteiger partial charge in [-0.25, -0.2) is 4.39 Å². The van der Waals surface area contributed by atoms with Gasteiger partial charge < -0.3 is 4.23 Å². The molecular formula is C17H25ClFNSi. The highest BCUT2D eigenvalue weighted by Crippen LogP contribution is 2.44. The summed E-state index contributed by atoms with van der Waals surface area (Å²) < 4.78 is 16.4. The predicted octanol–water partition coefficient (Wildman–Crippen LogP) is 6.46. The van der Waals surface area contributed by atoms with Gasteiger partial charge in [-0.2, -0.15) is 0 Å². The first-order valence-electron chi connectivity index (χ1n) is 7.69. The molecular weight excluding hydrogens is 301 g/mol. The molecule has 21 heavy (non-hydrogen) atoms. The Labute approximate surface area is 133 Å². The van der Waals surface area contributed by atoms with E-state index in [1.807, 2.05) is 0 Å². The van der Waals surface area contributed by atoms with E-state index in [0.29, 0.717) is 16.6 Å². The van der Waals surface area contributed by atoms with Crippen LogP contribution in [0.4, 0.5) is 4.39 Å². The lowest BCUT2D eigenvalue weighted by Crippen LogP contribution is -2.51. The molecule has 4 heteroatoms. The molecule has 0 spiro atoms. The van der Waals surface area contributed by atoms with Gasteiger partial charge in [0.2, 0.25) is 0 Å². The quantitative estimate of drug-likeness (QED) is 0.569. The monoisotopic (exact) mass is 325 g/mol. The average molecular weight is 326 g/mol. The molecule has 0 aliphatic carbocycles. The summed E-state index contributed by atoms with van der Waals surface area (Å²) in [5, 5.41) is 1.23. The first kappa shape index (κ1) is 16.6. The van der Waals surface area contributed by atoms with Crippen LogP contribution in [0.1, 0.15) is 41.5 Å². The zero-order valence-electron chi connectivity index (χ0n) is 13.7. The van der Waals surface area contributed by atoms with E-state index in [1.165, 1.54) is 0 Å². The van der Waals surface area contributed by atoms with Gasteiger partial charge >= 0.3 is 0 Å². The number of hydrogen-bond acceptors (Lipinski definition) is 0. The molecule has 0 fully saturated rings. The zero-order chi connectivity index (χ0) is 15.9. The summed E-state index contributed by atoms with van der Waals surface area (Å²) in [5.74, 6) is -0.330. The van der Waals surface area contributed by atoms with Gasteiger partial charge in [0.1, 0.15) is 5.82 Å². The zero-order valence-corrected chi connectivity index (χ0v) is 15.5. The number of benzene rings is 1. The molecule has 1 nitrogen and oxygen atoms in total. The molecule has 0 aliphatic heterocycles. The van der Waals surface area contributed by atoms with E-state index in [9.17, 15) is 4.39 Å². The van der Waals surface area contributed by atoms with Crippen LogP contribution in [0.15, 0.2) is 24.4 Å². The topological polar surface area (TPSA) is 4.93 Å². The van der Waals surface area contributed by atoms with Crippen molar-refractivity contribution >= 4 is 30.7 Å². The van der Waals surface area contributed by atoms with E-state index in [1.54, 1.807) is 12.1 Å². The minimum absolute atomic E-state index is 0.200. The molecule has 0 saturated heterocycles. The molecule has 116 valence electrons. The van der Waals surface area contributed by atoms with Gasteiger partial charge in [-0.1, -0.05) is 53.1 Å². The van der Waals surface area contributed by atoms with E-state index in [-0.39, 0.29) is 10.8 Å². The second-order valence-electron chi connectivity index (χ2n) is 6.86. The lowest BCUT2D eigenvalue weighted by molar-refractivity contribution is 0.629. The molecule has 2 aromatic rings. The molecule has 1 heterocycles. The molecule has 0 unspecified atom stereocenters. The summed E-state index contributed by atoms with van der Waals surface area (Å²) in [6.07, 6.45) is 2.15. The van der Waals surface area contributed by atoms with Gasteiger partial charge in [0.05, 0.1) is 5.02 Å². The summed E-state index contributed by atoms with van der Waals surface area (Å²) in [7, 11) is -1.85. The Balaban J connectivity index is 2.80. The van der Waals surface area contributed by atoms with Gasteiger partial charge in [0.15, 0.2) is 8.24 Å². The Bertz CT molecular complexity index is 624. The summed E-state index contributed by atoms with van der Waals surface area (Å²) in [6, 6.07) is 5.41. The average Bonchev–Trinajstić information content (AvgIpc) is 2.73. The molecule has 0 amide bonds. The number of hydrogen-bond donors (Lipinski definition) is 0. The Kier molecular flexibility index (Phi) is 4.55. The second kappa shape index (κ2) is 5.77. The van der Waals surface area contributed by atoms with E-state index in [0.717, 1.165) is 10.9 Å². The third-order valence-electron chi connectivity index (χ3n) is 4.92. The third kappa shape index (κ3) is 2.44. The highest BCUT2D eigenvalue weighted by atomic mass is 35.5. The van der Waals surface area contributed by atoms with Gasteiger partial charge in [-0.3, -0.25) is 0 Å². The number of fused-ring (bicyclic) bond motifs is 1. The maximum atomic E-state index is 14.0. The summed E-state index contributed by atoms with van der Waals surface area (Å²) >= 11 is 5.93. The van der Waals surface area contributed by atoms with Crippen molar-refractivity contribution in [2.24, 2.45) is 0 Å². The van der Waals surface area contributed by atoms with E-state index in [4.69, 9.17) is 11.6 Å². The van der Waals surface area contributed by atoms with Gasteiger partial charge in [-0.05, 0) is 41.0 Å². The van der Waals surface area contributed by atoms with Crippen LogP contribution >= 0.6 is 11.6 Å². The van der Waals surface area contributed by atoms with Crippen molar-refractivity contribution in [2.75, 3.05) is 0 Å². The van der Waals surface area contributed by atoms with Gasteiger partial charge in [0, 0.05) is 10.9 Å². The summed E-state index contributed by atoms with van der Waals surface area (Å²) in [4.78, 5) is 0. The second-order valence-corrected chi connectivity index (χ2v) is 13.0. The summed E-state index contributed by atoms with van der Waals surface area (Å²) in [5.41, 5.74) is 2.71. The van der Waals surface area contributed by atoms with Crippen molar-refractivity contribution in [1.29, 1.82) is 0 Å². The largest absolute Gasteiger partial charge is 0.373 e. The lowest BCUT2D eigenvalue weighted by atomic mass is 10.2.